The van der Waals surface area contributed by atoms with Crippen molar-refractivity contribution < 1.29 is 9.59 Å². The van der Waals surface area contributed by atoms with Crippen molar-refractivity contribution in [1.82, 2.24) is 20.5 Å². The lowest BCUT2D eigenvalue weighted by Crippen LogP contribution is -2.44. The highest BCUT2D eigenvalue weighted by Gasteiger charge is 2.26. The Morgan fingerprint density at radius 3 is 2.87 bits per heavy atom. The molecule has 124 valence electrons. The number of aromatic nitrogens is 1. The predicted octanol–water partition coefficient (Wildman–Crippen LogP) is -0.272. The lowest BCUT2D eigenvalue weighted by molar-refractivity contribution is -0.125. The van der Waals surface area contributed by atoms with E-state index in [1.807, 2.05) is 12.1 Å². The number of amides is 2. The number of piperazine rings is 1. The van der Waals surface area contributed by atoms with E-state index in [1.54, 1.807) is 6.20 Å². The van der Waals surface area contributed by atoms with E-state index in [1.165, 1.54) is 0 Å². The van der Waals surface area contributed by atoms with Crippen molar-refractivity contribution in [2.24, 2.45) is 0 Å². The SMILES string of the molecule is CN1CCN(c2cc(CNC(=O)[C@H]3CCC(=O)N3)ccn2)CC1. The van der Waals surface area contributed by atoms with Crippen LogP contribution in [0.15, 0.2) is 18.3 Å². The molecule has 2 N–H and O–H groups in total. The van der Waals surface area contributed by atoms with Gasteiger partial charge in [0, 0.05) is 45.3 Å². The van der Waals surface area contributed by atoms with Gasteiger partial charge in [0.15, 0.2) is 0 Å². The van der Waals surface area contributed by atoms with Gasteiger partial charge in [-0.15, -0.1) is 0 Å². The van der Waals surface area contributed by atoms with Crippen LogP contribution in [0.4, 0.5) is 5.82 Å². The van der Waals surface area contributed by atoms with Crippen LogP contribution >= 0.6 is 0 Å². The Labute approximate surface area is 136 Å². The van der Waals surface area contributed by atoms with E-state index in [2.05, 4.69) is 32.5 Å². The van der Waals surface area contributed by atoms with Crippen LogP contribution < -0.4 is 15.5 Å². The van der Waals surface area contributed by atoms with Gasteiger partial charge in [-0.2, -0.15) is 0 Å². The molecule has 2 amide bonds. The van der Waals surface area contributed by atoms with E-state index in [-0.39, 0.29) is 17.9 Å². The number of anilines is 1. The number of carbonyl (C=O) groups is 2. The highest BCUT2D eigenvalue weighted by molar-refractivity contribution is 5.90. The van der Waals surface area contributed by atoms with Crippen LogP contribution in [-0.2, 0) is 16.1 Å². The molecule has 0 unspecified atom stereocenters. The van der Waals surface area contributed by atoms with Gasteiger partial charge in [0.1, 0.15) is 11.9 Å². The minimum atomic E-state index is -0.388. The molecular weight excluding hydrogens is 294 g/mol. The molecule has 0 spiro atoms. The molecule has 7 heteroatoms. The molecule has 3 heterocycles. The Kier molecular flexibility index (Phi) is 4.76. The quantitative estimate of drug-likeness (QED) is 0.799. The number of pyridine rings is 1. The van der Waals surface area contributed by atoms with Gasteiger partial charge in [0.25, 0.3) is 0 Å². The van der Waals surface area contributed by atoms with Crippen molar-refractivity contribution in [2.75, 3.05) is 38.1 Å². The van der Waals surface area contributed by atoms with Gasteiger partial charge in [-0.05, 0) is 31.2 Å². The molecule has 2 fully saturated rings. The maximum absolute atomic E-state index is 12.0. The molecular formula is C16H23N5O2. The van der Waals surface area contributed by atoms with Crippen molar-refractivity contribution in [2.45, 2.75) is 25.4 Å². The lowest BCUT2D eigenvalue weighted by atomic mass is 10.2. The first kappa shape index (κ1) is 15.7. The Balaban J connectivity index is 1.55. The summed E-state index contributed by atoms with van der Waals surface area (Å²) in [4.78, 5) is 32.2. The summed E-state index contributed by atoms with van der Waals surface area (Å²) in [6, 6.07) is 3.55. The maximum atomic E-state index is 12.0. The summed E-state index contributed by atoms with van der Waals surface area (Å²) in [6.07, 6.45) is 2.79. The van der Waals surface area contributed by atoms with Crippen LogP contribution in [0.5, 0.6) is 0 Å². The van der Waals surface area contributed by atoms with Gasteiger partial charge < -0.3 is 20.4 Å². The first-order valence-electron chi connectivity index (χ1n) is 8.07. The molecule has 2 aliphatic heterocycles. The summed E-state index contributed by atoms with van der Waals surface area (Å²) >= 11 is 0. The fraction of sp³-hybridized carbons (Fsp3) is 0.562. The molecule has 23 heavy (non-hydrogen) atoms. The summed E-state index contributed by atoms with van der Waals surface area (Å²) in [5.41, 5.74) is 1.02. The fourth-order valence-corrected chi connectivity index (χ4v) is 2.90. The topological polar surface area (TPSA) is 77.6 Å². The largest absolute Gasteiger partial charge is 0.354 e. The predicted molar refractivity (Wildman–Crippen MR) is 87.0 cm³/mol. The van der Waals surface area contributed by atoms with Gasteiger partial charge in [0.05, 0.1) is 0 Å². The van der Waals surface area contributed by atoms with E-state index in [0.29, 0.717) is 19.4 Å². The van der Waals surface area contributed by atoms with Crippen LogP contribution in [0.25, 0.3) is 0 Å². The molecule has 2 aliphatic rings. The summed E-state index contributed by atoms with van der Waals surface area (Å²) in [6.45, 7) is 4.45. The average molecular weight is 317 g/mol. The third-order valence-corrected chi connectivity index (χ3v) is 4.42. The minimum Gasteiger partial charge on any atom is -0.354 e. The molecule has 0 radical (unpaired) electrons. The van der Waals surface area contributed by atoms with Crippen LogP contribution in [0.1, 0.15) is 18.4 Å². The zero-order chi connectivity index (χ0) is 16.2. The third kappa shape index (κ3) is 3.98. The summed E-state index contributed by atoms with van der Waals surface area (Å²) in [5.74, 6) is 0.791. The highest BCUT2D eigenvalue weighted by atomic mass is 16.2. The van der Waals surface area contributed by atoms with Crippen LogP contribution in [0.3, 0.4) is 0 Å². The van der Waals surface area contributed by atoms with E-state index in [4.69, 9.17) is 0 Å². The number of nitrogens with zero attached hydrogens (tertiary/aromatic N) is 3. The molecule has 2 saturated heterocycles. The monoisotopic (exact) mass is 317 g/mol. The number of hydrogen-bond donors (Lipinski definition) is 2. The molecule has 1 aromatic heterocycles. The van der Waals surface area contributed by atoms with Crippen molar-refractivity contribution in [3.05, 3.63) is 23.9 Å². The summed E-state index contributed by atoms with van der Waals surface area (Å²) in [5, 5.41) is 5.57. The molecule has 1 aromatic rings. The van der Waals surface area contributed by atoms with Gasteiger partial charge in [-0.1, -0.05) is 0 Å². The first-order chi connectivity index (χ1) is 11.1. The Morgan fingerprint density at radius 1 is 1.39 bits per heavy atom. The summed E-state index contributed by atoms with van der Waals surface area (Å²) < 4.78 is 0. The number of carbonyl (C=O) groups excluding carboxylic acids is 2. The second kappa shape index (κ2) is 6.95. The number of rotatable bonds is 4. The Hall–Kier alpha value is -2.15. The van der Waals surface area contributed by atoms with Crippen molar-refractivity contribution >= 4 is 17.6 Å². The van der Waals surface area contributed by atoms with E-state index in [9.17, 15) is 9.59 Å². The standard InChI is InChI=1S/C16H23N5O2/c1-20-6-8-21(9-7-20)14-10-12(4-5-17-14)11-18-16(23)13-2-3-15(22)19-13/h4-5,10,13H,2-3,6-9,11H2,1H3,(H,18,23)(H,19,22)/t13-/m1/s1. The van der Waals surface area contributed by atoms with Gasteiger partial charge in [0.2, 0.25) is 11.8 Å². The maximum Gasteiger partial charge on any atom is 0.242 e. The van der Waals surface area contributed by atoms with Crippen molar-refractivity contribution in [3.63, 3.8) is 0 Å². The van der Waals surface area contributed by atoms with Crippen LogP contribution in [0.2, 0.25) is 0 Å². The van der Waals surface area contributed by atoms with Crippen molar-refractivity contribution in [3.8, 4) is 0 Å². The second-order valence-electron chi connectivity index (χ2n) is 6.19. The minimum absolute atomic E-state index is 0.0496. The lowest BCUT2D eigenvalue weighted by Gasteiger charge is -2.33. The molecule has 7 nitrogen and oxygen atoms in total. The highest BCUT2D eigenvalue weighted by Crippen LogP contribution is 2.15. The normalized spacial score (nSPS) is 22.0. The number of nitrogens with one attached hydrogen (secondary N) is 2. The number of hydrogen-bond acceptors (Lipinski definition) is 5. The molecule has 3 rings (SSSR count). The van der Waals surface area contributed by atoms with Gasteiger partial charge >= 0.3 is 0 Å². The van der Waals surface area contributed by atoms with Crippen molar-refractivity contribution in [1.29, 1.82) is 0 Å². The van der Waals surface area contributed by atoms with Crippen LogP contribution in [0, 0.1) is 0 Å². The Morgan fingerprint density at radius 2 is 2.17 bits per heavy atom. The molecule has 0 aromatic carbocycles. The van der Waals surface area contributed by atoms with Gasteiger partial charge in [-0.3, -0.25) is 9.59 Å². The molecule has 0 bridgehead atoms. The zero-order valence-electron chi connectivity index (χ0n) is 13.4. The third-order valence-electron chi connectivity index (χ3n) is 4.42. The summed E-state index contributed by atoms with van der Waals surface area (Å²) in [7, 11) is 2.12. The smallest absolute Gasteiger partial charge is 0.242 e. The Bertz CT molecular complexity index is 584. The second-order valence-corrected chi connectivity index (χ2v) is 6.19. The molecule has 0 saturated carbocycles. The molecule has 1 atom stereocenters. The van der Waals surface area contributed by atoms with Crippen LogP contribution in [-0.4, -0.2) is 61.0 Å². The average Bonchev–Trinajstić information content (AvgIpc) is 3.00. The fourth-order valence-electron chi connectivity index (χ4n) is 2.90. The van der Waals surface area contributed by atoms with E-state index in [0.717, 1.165) is 37.6 Å². The van der Waals surface area contributed by atoms with Gasteiger partial charge in [-0.25, -0.2) is 4.98 Å². The first-order valence-corrected chi connectivity index (χ1v) is 8.07. The number of likely N-dealkylation sites (N-methyl/N-ethyl adjacent to an activating group) is 1. The van der Waals surface area contributed by atoms with E-state index >= 15 is 0 Å². The zero-order valence-corrected chi connectivity index (χ0v) is 13.4. The molecule has 0 aliphatic carbocycles. The van der Waals surface area contributed by atoms with E-state index < -0.39 is 0 Å².